The van der Waals surface area contributed by atoms with Crippen molar-refractivity contribution in [1.29, 1.82) is 0 Å². The van der Waals surface area contributed by atoms with Crippen LogP contribution < -0.4 is 10.1 Å². The van der Waals surface area contributed by atoms with E-state index in [-0.39, 0.29) is 5.82 Å². The quantitative estimate of drug-likeness (QED) is 0.366. The average Bonchev–Trinajstić information content (AvgIpc) is 3.20. The first-order valence-corrected chi connectivity index (χ1v) is 9.45. The molecule has 0 unspecified atom stereocenters. The normalized spacial score (nSPS) is 10.8. The number of ether oxygens (including phenoxy) is 1. The third-order valence-electron chi connectivity index (χ3n) is 4.57. The fourth-order valence-electron chi connectivity index (χ4n) is 3.20. The van der Waals surface area contributed by atoms with E-state index in [1.165, 1.54) is 12.1 Å². The van der Waals surface area contributed by atoms with Crippen LogP contribution in [0.25, 0.3) is 22.4 Å². The fraction of sp³-hybridized carbons (Fsp3) is 0. The molecular formula is C24H17FN4O. The number of hydrogen-bond acceptors (Lipinski definition) is 4. The van der Waals surface area contributed by atoms with Gasteiger partial charge in [-0.1, -0.05) is 36.4 Å². The number of benzene rings is 3. The number of H-pyrrole nitrogens is 1. The monoisotopic (exact) mass is 396 g/mol. The van der Waals surface area contributed by atoms with Crippen LogP contribution in [0.5, 0.6) is 11.5 Å². The third-order valence-corrected chi connectivity index (χ3v) is 4.57. The Kier molecular flexibility index (Phi) is 4.57. The van der Waals surface area contributed by atoms with Crippen LogP contribution in [0.15, 0.2) is 91.1 Å². The molecule has 30 heavy (non-hydrogen) atoms. The van der Waals surface area contributed by atoms with Crippen LogP contribution in [0, 0.1) is 5.82 Å². The minimum absolute atomic E-state index is 0.306. The van der Waals surface area contributed by atoms with Gasteiger partial charge in [-0.15, -0.1) is 0 Å². The highest BCUT2D eigenvalue weighted by Crippen LogP contribution is 2.29. The summed E-state index contributed by atoms with van der Waals surface area (Å²) in [7, 11) is 0. The second-order valence-electron chi connectivity index (χ2n) is 6.72. The molecule has 0 saturated carbocycles. The number of nitrogens with zero attached hydrogens (tertiary/aromatic N) is 2. The molecule has 0 aliphatic rings. The number of para-hydroxylation sites is 1. The van der Waals surface area contributed by atoms with E-state index in [0.717, 1.165) is 17.0 Å². The second-order valence-corrected chi connectivity index (χ2v) is 6.72. The molecule has 0 amide bonds. The van der Waals surface area contributed by atoms with E-state index in [0.29, 0.717) is 28.5 Å². The fourth-order valence-corrected chi connectivity index (χ4v) is 3.20. The Labute approximate surface area is 172 Å². The van der Waals surface area contributed by atoms with Crippen LogP contribution in [0.2, 0.25) is 0 Å². The summed E-state index contributed by atoms with van der Waals surface area (Å²) in [5.41, 5.74) is 2.98. The highest BCUT2D eigenvalue weighted by Gasteiger charge is 2.11. The molecule has 2 N–H and O–H groups in total. The summed E-state index contributed by atoms with van der Waals surface area (Å²) in [5, 5.41) is 3.30. The number of nitrogens with one attached hydrogen (secondary N) is 2. The second kappa shape index (κ2) is 7.67. The van der Waals surface area contributed by atoms with Crippen molar-refractivity contribution in [2.24, 2.45) is 0 Å². The summed E-state index contributed by atoms with van der Waals surface area (Å²) < 4.78 is 19.5. The lowest BCUT2D eigenvalue weighted by Gasteiger charge is -2.09. The Morgan fingerprint density at radius 3 is 2.53 bits per heavy atom. The van der Waals surface area contributed by atoms with E-state index in [4.69, 9.17) is 4.74 Å². The van der Waals surface area contributed by atoms with Crippen molar-refractivity contribution in [1.82, 2.24) is 15.0 Å². The van der Waals surface area contributed by atoms with Gasteiger partial charge in [-0.05, 0) is 42.5 Å². The maximum Gasteiger partial charge on any atom is 0.158 e. The van der Waals surface area contributed by atoms with Gasteiger partial charge < -0.3 is 15.0 Å². The molecule has 0 saturated heterocycles. The number of aromatic amines is 1. The first-order chi connectivity index (χ1) is 14.7. The van der Waals surface area contributed by atoms with E-state index in [1.54, 1.807) is 12.3 Å². The maximum atomic E-state index is 13.6. The van der Waals surface area contributed by atoms with Gasteiger partial charge in [0.15, 0.2) is 5.82 Å². The lowest BCUT2D eigenvalue weighted by atomic mass is 10.2. The predicted molar refractivity (Wildman–Crippen MR) is 116 cm³/mol. The van der Waals surface area contributed by atoms with Gasteiger partial charge in [0.2, 0.25) is 0 Å². The zero-order chi connectivity index (χ0) is 20.3. The lowest BCUT2D eigenvalue weighted by Crippen LogP contribution is -1.95. The topological polar surface area (TPSA) is 62.8 Å². The van der Waals surface area contributed by atoms with Crippen LogP contribution in [-0.4, -0.2) is 15.0 Å². The van der Waals surface area contributed by atoms with Crippen LogP contribution >= 0.6 is 0 Å². The number of imidazole rings is 1. The molecule has 5 aromatic rings. The van der Waals surface area contributed by atoms with Gasteiger partial charge in [-0.25, -0.2) is 14.4 Å². The van der Waals surface area contributed by atoms with Crippen molar-refractivity contribution >= 4 is 22.5 Å². The van der Waals surface area contributed by atoms with E-state index < -0.39 is 0 Å². The molecular weight excluding hydrogens is 379 g/mol. The molecule has 146 valence electrons. The molecule has 0 aliphatic heterocycles. The number of halogens is 1. The molecule has 0 radical (unpaired) electrons. The van der Waals surface area contributed by atoms with Crippen LogP contribution in [0.1, 0.15) is 0 Å². The highest BCUT2D eigenvalue weighted by molar-refractivity contribution is 5.90. The van der Waals surface area contributed by atoms with Crippen molar-refractivity contribution in [2.45, 2.75) is 0 Å². The van der Waals surface area contributed by atoms with E-state index in [2.05, 4.69) is 20.3 Å². The molecule has 2 heterocycles. The van der Waals surface area contributed by atoms with Crippen LogP contribution in [0.4, 0.5) is 15.9 Å². The zero-order valence-corrected chi connectivity index (χ0v) is 15.8. The summed E-state index contributed by atoms with van der Waals surface area (Å²) in [4.78, 5) is 12.3. The van der Waals surface area contributed by atoms with Gasteiger partial charge in [-0.2, -0.15) is 0 Å². The van der Waals surface area contributed by atoms with Gasteiger partial charge in [-0.3, -0.25) is 0 Å². The Morgan fingerprint density at radius 2 is 1.67 bits per heavy atom. The molecule has 0 atom stereocenters. The average molecular weight is 396 g/mol. The minimum atomic E-state index is -0.306. The zero-order valence-electron chi connectivity index (χ0n) is 15.8. The summed E-state index contributed by atoms with van der Waals surface area (Å²) in [6.45, 7) is 0. The number of pyridine rings is 1. The van der Waals surface area contributed by atoms with Crippen molar-refractivity contribution in [3.63, 3.8) is 0 Å². The highest BCUT2D eigenvalue weighted by atomic mass is 19.1. The molecule has 5 rings (SSSR count). The third kappa shape index (κ3) is 3.71. The van der Waals surface area contributed by atoms with Crippen LogP contribution in [0.3, 0.4) is 0 Å². The van der Waals surface area contributed by atoms with Gasteiger partial charge in [0.05, 0.1) is 5.52 Å². The number of fused-ring (bicyclic) bond motifs is 1. The minimum Gasteiger partial charge on any atom is -0.457 e. The van der Waals surface area contributed by atoms with E-state index in [9.17, 15) is 4.39 Å². The molecule has 0 bridgehead atoms. The standard InChI is InChI=1S/C24H17FN4O/c25-17-7-4-6-16(14-17)23-28-21-12-13-26-24(22(21)29-23)27-18-8-5-11-20(15-18)30-19-9-2-1-3-10-19/h1-15H,(H,26,27)(H,28,29). The number of anilines is 2. The van der Waals surface area contributed by atoms with Crippen molar-refractivity contribution < 1.29 is 9.13 Å². The molecule has 6 heteroatoms. The van der Waals surface area contributed by atoms with Gasteiger partial charge in [0.1, 0.15) is 28.7 Å². The molecule has 3 aromatic carbocycles. The van der Waals surface area contributed by atoms with Crippen molar-refractivity contribution in [3.8, 4) is 22.9 Å². The number of aromatic nitrogens is 3. The summed E-state index contributed by atoms with van der Waals surface area (Å²) in [5.74, 6) is 2.35. The summed E-state index contributed by atoms with van der Waals surface area (Å²) >= 11 is 0. The van der Waals surface area contributed by atoms with Gasteiger partial charge in [0.25, 0.3) is 0 Å². The molecule has 0 fully saturated rings. The Morgan fingerprint density at radius 1 is 0.833 bits per heavy atom. The smallest absolute Gasteiger partial charge is 0.158 e. The number of rotatable bonds is 5. The van der Waals surface area contributed by atoms with Crippen molar-refractivity contribution in [3.05, 3.63) is 96.9 Å². The largest absolute Gasteiger partial charge is 0.457 e. The Hall–Kier alpha value is -4.19. The summed E-state index contributed by atoms with van der Waals surface area (Å²) in [6.07, 6.45) is 1.70. The molecule has 2 aromatic heterocycles. The Bertz CT molecular complexity index is 1320. The van der Waals surface area contributed by atoms with E-state index in [1.807, 2.05) is 66.7 Å². The summed E-state index contributed by atoms with van der Waals surface area (Å²) in [6, 6.07) is 25.4. The number of hydrogen-bond donors (Lipinski definition) is 2. The van der Waals surface area contributed by atoms with Gasteiger partial charge in [0, 0.05) is 23.5 Å². The molecule has 5 nitrogen and oxygen atoms in total. The SMILES string of the molecule is Fc1cccc(-c2nc3c(Nc4cccc(Oc5ccccc5)c4)nccc3[nH]2)c1. The van der Waals surface area contributed by atoms with E-state index >= 15 is 0 Å². The first-order valence-electron chi connectivity index (χ1n) is 9.45. The van der Waals surface area contributed by atoms with Crippen molar-refractivity contribution in [2.75, 3.05) is 5.32 Å². The van der Waals surface area contributed by atoms with Crippen LogP contribution in [-0.2, 0) is 0 Å². The lowest BCUT2D eigenvalue weighted by molar-refractivity contribution is 0.483. The predicted octanol–water partition coefficient (Wildman–Crippen LogP) is 6.30. The Balaban J connectivity index is 1.45. The molecule has 0 aliphatic carbocycles. The first kappa shape index (κ1) is 17.9. The molecule has 0 spiro atoms. The van der Waals surface area contributed by atoms with Gasteiger partial charge >= 0.3 is 0 Å². The maximum absolute atomic E-state index is 13.6.